The third-order valence-corrected chi connectivity index (χ3v) is 5.82. The monoisotopic (exact) mass is 524 g/mol. The van der Waals surface area contributed by atoms with E-state index in [0.717, 1.165) is 11.6 Å². The van der Waals surface area contributed by atoms with Gasteiger partial charge >= 0.3 is 18.0 Å². The number of aryl methyl sites for hydroxylation is 1. The van der Waals surface area contributed by atoms with E-state index in [4.69, 9.17) is 4.52 Å². The Kier molecular flexibility index (Phi) is 6.00. The molecule has 196 valence electrons. The first kappa shape index (κ1) is 25.1. The zero-order chi connectivity index (χ0) is 27.2. The molecule has 1 amide bonds. The maximum atomic E-state index is 14.1. The van der Waals surface area contributed by atoms with Crippen LogP contribution in [0.15, 0.2) is 47.4 Å². The number of nitrogens with one attached hydrogen (secondary N) is 2. The van der Waals surface area contributed by atoms with Gasteiger partial charge < -0.3 is 14.8 Å². The number of benzene rings is 1. The molecule has 0 aliphatic carbocycles. The van der Waals surface area contributed by atoms with Gasteiger partial charge in [-0.1, -0.05) is 38.1 Å². The molecule has 5 rings (SSSR count). The first-order valence-corrected chi connectivity index (χ1v) is 11.6. The molecule has 0 radical (unpaired) electrons. The lowest BCUT2D eigenvalue weighted by molar-refractivity contribution is -0.138. The van der Waals surface area contributed by atoms with Crippen molar-refractivity contribution in [3.05, 3.63) is 65.7 Å². The van der Waals surface area contributed by atoms with Gasteiger partial charge in [-0.3, -0.25) is 9.48 Å². The van der Waals surface area contributed by atoms with E-state index in [1.54, 1.807) is 36.3 Å². The summed E-state index contributed by atoms with van der Waals surface area (Å²) in [5.41, 5.74) is 0.894. The SMILES string of the molecule is Cn1cc(-c2nc3c(-c4ccc(CNC(=O)c5nc(C(C)(C)C)no5)c(C(F)(F)F)c4)ccnc3[nH]2)cn1. The van der Waals surface area contributed by atoms with E-state index in [1.807, 2.05) is 20.8 Å². The standard InChI is InChI=1S/C25H23F3N8O2/c1-24(2,3)23-34-22(38-35-23)21(37)30-10-14-6-5-13(9-17(14)25(26,27)28)16-7-8-29-20-18(16)32-19(33-20)15-11-31-36(4)12-15/h5-9,11-12H,10H2,1-4H3,(H,30,37)(H,29,32,33). The van der Waals surface area contributed by atoms with E-state index >= 15 is 0 Å². The third-order valence-electron chi connectivity index (χ3n) is 5.82. The number of pyridine rings is 1. The fourth-order valence-corrected chi connectivity index (χ4v) is 3.86. The van der Waals surface area contributed by atoms with Crippen molar-refractivity contribution in [2.24, 2.45) is 7.05 Å². The second-order valence-corrected chi connectivity index (χ2v) is 9.77. The number of alkyl halides is 3. The molecular weight excluding hydrogens is 501 g/mol. The largest absolute Gasteiger partial charge is 0.416 e. The summed E-state index contributed by atoms with van der Waals surface area (Å²) in [5, 5.41) is 10.3. The van der Waals surface area contributed by atoms with Crippen LogP contribution in [0.4, 0.5) is 13.2 Å². The number of halogens is 3. The Morgan fingerprint density at radius 3 is 2.58 bits per heavy atom. The Morgan fingerprint density at radius 2 is 1.92 bits per heavy atom. The molecule has 5 aromatic rings. The predicted molar refractivity (Wildman–Crippen MR) is 131 cm³/mol. The summed E-state index contributed by atoms with van der Waals surface area (Å²) in [7, 11) is 1.77. The second-order valence-electron chi connectivity index (χ2n) is 9.77. The molecule has 1 aromatic carbocycles. The number of aromatic amines is 1. The molecular formula is C25H23F3N8O2. The molecule has 13 heteroatoms. The lowest BCUT2D eigenvalue weighted by Crippen LogP contribution is -2.25. The van der Waals surface area contributed by atoms with Crippen LogP contribution in [0.5, 0.6) is 0 Å². The molecule has 0 bridgehead atoms. The Bertz CT molecular complexity index is 1640. The molecule has 38 heavy (non-hydrogen) atoms. The van der Waals surface area contributed by atoms with E-state index in [9.17, 15) is 18.0 Å². The zero-order valence-electron chi connectivity index (χ0n) is 20.9. The number of amides is 1. The fourth-order valence-electron chi connectivity index (χ4n) is 3.86. The summed E-state index contributed by atoms with van der Waals surface area (Å²) < 4.78 is 48.8. The van der Waals surface area contributed by atoms with E-state index in [1.165, 1.54) is 12.3 Å². The molecule has 0 saturated carbocycles. The number of fused-ring (bicyclic) bond motifs is 1. The average Bonchev–Trinajstić information content (AvgIpc) is 3.60. The summed E-state index contributed by atoms with van der Waals surface area (Å²) >= 11 is 0. The maximum absolute atomic E-state index is 14.1. The highest BCUT2D eigenvalue weighted by Crippen LogP contribution is 2.36. The van der Waals surface area contributed by atoms with Gasteiger partial charge in [-0.05, 0) is 23.3 Å². The van der Waals surface area contributed by atoms with Crippen LogP contribution in [0.1, 0.15) is 48.4 Å². The van der Waals surface area contributed by atoms with Crippen LogP contribution in [0.3, 0.4) is 0 Å². The minimum atomic E-state index is -4.67. The molecule has 0 unspecified atom stereocenters. The molecule has 0 aliphatic heterocycles. The van der Waals surface area contributed by atoms with Crippen molar-refractivity contribution in [1.29, 1.82) is 0 Å². The van der Waals surface area contributed by atoms with Crippen LogP contribution in [0, 0.1) is 0 Å². The van der Waals surface area contributed by atoms with Crippen LogP contribution in [0.25, 0.3) is 33.7 Å². The molecule has 10 nitrogen and oxygen atoms in total. The van der Waals surface area contributed by atoms with Gasteiger partial charge in [0.15, 0.2) is 11.5 Å². The number of hydrogen-bond donors (Lipinski definition) is 2. The van der Waals surface area contributed by atoms with Gasteiger partial charge in [-0.2, -0.15) is 23.3 Å². The van der Waals surface area contributed by atoms with E-state index in [-0.39, 0.29) is 18.0 Å². The van der Waals surface area contributed by atoms with Crippen LogP contribution in [-0.4, -0.2) is 40.8 Å². The van der Waals surface area contributed by atoms with Gasteiger partial charge in [-0.15, -0.1) is 0 Å². The Morgan fingerprint density at radius 1 is 1.13 bits per heavy atom. The molecule has 0 fully saturated rings. The number of rotatable bonds is 5. The van der Waals surface area contributed by atoms with Crippen molar-refractivity contribution in [3.8, 4) is 22.5 Å². The summed E-state index contributed by atoms with van der Waals surface area (Å²) in [6.07, 6.45) is 0.222. The maximum Gasteiger partial charge on any atom is 0.416 e. The first-order chi connectivity index (χ1) is 17.9. The minimum absolute atomic E-state index is 0.117. The van der Waals surface area contributed by atoms with Crippen LogP contribution >= 0.6 is 0 Å². The number of carbonyl (C=O) groups is 1. The summed E-state index contributed by atoms with van der Waals surface area (Å²) in [6, 6.07) is 5.52. The quantitative estimate of drug-likeness (QED) is 0.342. The number of imidazole rings is 1. The van der Waals surface area contributed by atoms with Gasteiger partial charge in [0.2, 0.25) is 0 Å². The Balaban J connectivity index is 1.45. The average molecular weight is 525 g/mol. The molecule has 2 N–H and O–H groups in total. The van der Waals surface area contributed by atoms with Crippen molar-refractivity contribution in [1.82, 2.24) is 40.2 Å². The second kappa shape index (κ2) is 9.08. The smallest absolute Gasteiger partial charge is 0.344 e. The van der Waals surface area contributed by atoms with Crippen LogP contribution in [0.2, 0.25) is 0 Å². The molecule has 0 atom stereocenters. The van der Waals surface area contributed by atoms with Crippen molar-refractivity contribution in [2.75, 3.05) is 0 Å². The third kappa shape index (κ3) is 4.86. The van der Waals surface area contributed by atoms with E-state index in [2.05, 4.69) is 35.5 Å². The van der Waals surface area contributed by atoms with E-state index in [0.29, 0.717) is 33.9 Å². The number of H-pyrrole nitrogens is 1. The number of aromatic nitrogens is 7. The topological polar surface area (TPSA) is 127 Å². The molecule has 0 saturated heterocycles. The van der Waals surface area contributed by atoms with E-state index < -0.39 is 23.1 Å². The Hall–Kier alpha value is -4.55. The van der Waals surface area contributed by atoms with Crippen LogP contribution < -0.4 is 5.32 Å². The van der Waals surface area contributed by atoms with Crippen molar-refractivity contribution >= 4 is 17.1 Å². The normalized spacial score (nSPS) is 12.3. The molecule has 4 heterocycles. The number of hydrogen-bond acceptors (Lipinski definition) is 7. The van der Waals surface area contributed by atoms with Crippen molar-refractivity contribution < 1.29 is 22.5 Å². The lowest BCUT2D eigenvalue weighted by atomic mass is 9.96. The summed E-state index contributed by atoms with van der Waals surface area (Å²) in [6.45, 7) is 5.14. The molecule has 0 aliphatic rings. The van der Waals surface area contributed by atoms with Gasteiger partial charge in [-0.25, -0.2) is 9.97 Å². The van der Waals surface area contributed by atoms with Gasteiger partial charge in [0, 0.05) is 37.0 Å². The highest BCUT2D eigenvalue weighted by Gasteiger charge is 2.34. The number of nitrogens with zero attached hydrogens (tertiary/aromatic N) is 6. The minimum Gasteiger partial charge on any atom is -0.344 e. The highest BCUT2D eigenvalue weighted by molar-refractivity contribution is 5.92. The van der Waals surface area contributed by atoms with Crippen molar-refractivity contribution in [2.45, 2.75) is 38.9 Å². The summed E-state index contributed by atoms with van der Waals surface area (Å²) in [5.74, 6) is -0.265. The van der Waals surface area contributed by atoms with Gasteiger partial charge in [0.25, 0.3) is 0 Å². The fraction of sp³-hybridized carbons (Fsp3) is 0.280. The molecule has 4 aromatic heterocycles. The number of carbonyl (C=O) groups excluding carboxylic acids is 1. The Labute approximate surface area is 214 Å². The lowest BCUT2D eigenvalue weighted by Gasteiger charge is -2.15. The molecule has 0 spiro atoms. The van der Waals surface area contributed by atoms with Gasteiger partial charge in [0.1, 0.15) is 11.3 Å². The highest BCUT2D eigenvalue weighted by atomic mass is 19.4. The zero-order valence-corrected chi connectivity index (χ0v) is 20.9. The first-order valence-electron chi connectivity index (χ1n) is 11.6. The van der Waals surface area contributed by atoms with Crippen LogP contribution in [-0.2, 0) is 25.2 Å². The van der Waals surface area contributed by atoms with Crippen molar-refractivity contribution in [3.63, 3.8) is 0 Å². The summed E-state index contributed by atoms with van der Waals surface area (Å²) in [4.78, 5) is 28.4. The van der Waals surface area contributed by atoms with Gasteiger partial charge in [0.05, 0.1) is 17.3 Å². The predicted octanol–water partition coefficient (Wildman–Crippen LogP) is 4.65.